The number of carbonyl (C=O) groups is 3. The maximum atomic E-state index is 13.5. The van der Waals surface area contributed by atoms with Crippen LogP contribution in [0.15, 0.2) is 138 Å². The third-order valence-electron chi connectivity index (χ3n) is 6.65. The first-order chi connectivity index (χ1) is 22.4. The normalized spacial score (nSPS) is 11.7. The second-order valence-corrected chi connectivity index (χ2v) is 11.5. The lowest BCUT2D eigenvalue weighted by Crippen LogP contribution is -2.30. The van der Waals surface area contributed by atoms with Crippen LogP contribution in [0.4, 0.5) is 11.5 Å². The molecule has 3 N–H and O–H groups in total. The first-order valence-corrected chi connectivity index (χ1v) is 15.4. The molecule has 0 radical (unpaired) electrons. The zero-order valence-corrected chi connectivity index (χ0v) is 26.2. The number of para-hydroxylation sites is 1. The molecule has 0 saturated heterocycles. The summed E-state index contributed by atoms with van der Waals surface area (Å²) >= 11 is 7.30. The number of hydrogen-bond acceptors (Lipinski definition) is 6. The Morgan fingerprint density at radius 1 is 0.804 bits per heavy atom. The molecule has 1 atom stereocenters. The van der Waals surface area contributed by atoms with Crippen LogP contribution in [0, 0.1) is 0 Å². The molecular formula is C36H29ClN4O4S. The molecular weight excluding hydrogens is 620 g/mol. The van der Waals surface area contributed by atoms with E-state index >= 15 is 0 Å². The maximum Gasteiger partial charge on any atom is 0.272 e. The minimum Gasteiger partial charge on any atom is -0.496 e. The fraction of sp³-hybridized carbons (Fsp3) is 0.0556. The lowest BCUT2D eigenvalue weighted by molar-refractivity contribution is -0.116. The van der Waals surface area contributed by atoms with E-state index in [2.05, 4.69) is 20.9 Å². The van der Waals surface area contributed by atoms with Gasteiger partial charge in [0.2, 0.25) is 5.91 Å². The number of nitrogens with one attached hydrogen (secondary N) is 3. The highest BCUT2D eigenvalue weighted by atomic mass is 35.5. The van der Waals surface area contributed by atoms with Gasteiger partial charge in [-0.25, -0.2) is 4.98 Å². The summed E-state index contributed by atoms with van der Waals surface area (Å²) in [6.45, 7) is 0. The molecule has 1 aromatic heterocycles. The van der Waals surface area contributed by atoms with Crippen molar-refractivity contribution in [1.82, 2.24) is 10.3 Å². The summed E-state index contributed by atoms with van der Waals surface area (Å²) in [5.74, 6) is -0.253. The summed E-state index contributed by atoms with van der Waals surface area (Å²) in [5.41, 5.74) is 2.38. The van der Waals surface area contributed by atoms with Crippen LogP contribution in [0.25, 0.3) is 6.08 Å². The summed E-state index contributed by atoms with van der Waals surface area (Å²) in [6.07, 6.45) is 3.04. The van der Waals surface area contributed by atoms with Crippen LogP contribution >= 0.6 is 23.4 Å². The lowest BCUT2D eigenvalue weighted by Gasteiger charge is -2.17. The predicted molar refractivity (Wildman–Crippen MR) is 183 cm³/mol. The van der Waals surface area contributed by atoms with Crippen molar-refractivity contribution in [1.29, 1.82) is 0 Å². The molecule has 5 rings (SSSR count). The third kappa shape index (κ3) is 8.62. The Balaban J connectivity index is 1.34. The van der Waals surface area contributed by atoms with E-state index in [1.165, 1.54) is 25.1 Å². The van der Waals surface area contributed by atoms with Crippen LogP contribution in [-0.2, 0) is 9.59 Å². The van der Waals surface area contributed by atoms with Crippen molar-refractivity contribution in [2.75, 3.05) is 17.7 Å². The molecule has 0 aliphatic rings. The molecule has 10 heteroatoms. The molecule has 0 saturated carbocycles. The van der Waals surface area contributed by atoms with E-state index in [0.717, 1.165) is 10.5 Å². The van der Waals surface area contributed by atoms with E-state index in [-0.39, 0.29) is 11.6 Å². The molecule has 8 nitrogen and oxygen atoms in total. The van der Waals surface area contributed by atoms with E-state index < -0.39 is 17.1 Å². The average Bonchev–Trinajstić information content (AvgIpc) is 3.09. The fourth-order valence-corrected chi connectivity index (χ4v) is 5.51. The van der Waals surface area contributed by atoms with Crippen molar-refractivity contribution < 1.29 is 19.1 Å². The fourth-order valence-electron chi connectivity index (χ4n) is 4.38. The number of carbonyl (C=O) groups excluding carboxylic acids is 3. The SMILES string of the molecule is COc1ccccc1/C=C(\NC(=O)c1ccccc1)C(=O)Nc1ccc(SC(C(=O)Nc2ccc(Cl)cn2)c2ccccc2)cc1. The molecule has 0 aliphatic carbocycles. The molecule has 1 unspecified atom stereocenters. The molecule has 0 spiro atoms. The van der Waals surface area contributed by atoms with Crippen LogP contribution < -0.4 is 20.7 Å². The summed E-state index contributed by atoms with van der Waals surface area (Å²) < 4.78 is 5.44. The zero-order chi connectivity index (χ0) is 32.3. The molecule has 4 aromatic carbocycles. The smallest absolute Gasteiger partial charge is 0.272 e. The molecule has 0 fully saturated rings. The highest BCUT2D eigenvalue weighted by Gasteiger charge is 2.23. The van der Waals surface area contributed by atoms with Crippen LogP contribution in [0.3, 0.4) is 0 Å². The van der Waals surface area contributed by atoms with E-state index in [0.29, 0.717) is 33.4 Å². The van der Waals surface area contributed by atoms with E-state index in [1.807, 2.05) is 60.7 Å². The summed E-state index contributed by atoms with van der Waals surface area (Å²) in [6, 6.07) is 35.7. The molecule has 0 bridgehead atoms. The summed E-state index contributed by atoms with van der Waals surface area (Å²) in [5, 5.41) is 8.34. The van der Waals surface area contributed by atoms with Gasteiger partial charge in [-0.15, -0.1) is 11.8 Å². The molecule has 46 heavy (non-hydrogen) atoms. The van der Waals surface area contributed by atoms with Gasteiger partial charge in [-0.3, -0.25) is 14.4 Å². The van der Waals surface area contributed by atoms with Crippen molar-refractivity contribution in [2.45, 2.75) is 10.1 Å². The molecule has 1 heterocycles. The molecule has 3 amide bonds. The number of rotatable bonds is 11. The van der Waals surface area contributed by atoms with Gasteiger partial charge < -0.3 is 20.7 Å². The zero-order valence-electron chi connectivity index (χ0n) is 24.6. The number of hydrogen-bond donors (Lipinski definition) is 3. The number of methoxy groups -OCH3 is 1. The standard InChI is InChI=1S/C36H29ClN4O4S/c1-45-31-15-9-8-14-26(31)22-30(40-34(42)25-12-6-3-7-13-25)35(43)39-28-17-19-29(20-18-28)46-33(24-10-4-2-5-11-24)36(44)41-32-21-16-27(37)23-38-32/h2-23,33H,1H3,(H,39,43)(H,40,42)(H,38,41,44)/b30-22-. The number of halogens is 1. The topological polar surface area (TPSA) is 109 Å². The van der Waals surface area contributed by atoms with Gasteiger partial charge in [0, 0.05) is 27.9 Å². The summed E-state index contributed by atoms with van der Waals surface area (Å²) in [7, 11) is 1.54. The number of nitrogens with zero attached hydrogens (tertiary/aromatic N) is 1. The van der Waals surface area contributed by atoms with Crippen molar-refractivity contribution in [2.24, 2.45) is 0 Å². The van der Waals surface area contributed by atoms with E-state index in [4.69, 9.17) is 16.3 Å². The Morgan fingerprint density at radius 2 is 1.48 bits per heavy atom. The van der Waals surface area contributed by atoms with Gasteiger partial charge in [0.1, 0.15) is 22.5 Å². The van der Waals surface area contributed by atoms with Gasteiger partial charge in [-0.2, -0.15) is 0 Å². The van der Waals surface area contributed by atoms with Gasteiger partial charge in [0.05, 0.1) is 12.1 Å². The van der Waals surface area contributed by atoms with Crippen LogP contribution in [0.2, 0.25) is 5.02 Å². The number of ether oxygens (including phenoxy) is 1. The number of thioether (sulfide) groups is 1. The Bertz CT molecular complexity index is 1830. The Labute approximate surface area is 275 Å². The first kappa shape index (κ1) is 32.0. The maximum absolute atomic E-state index is 13.5. The Morgan fingerprint density at radius 3 is 2.15 bits per heavy atom. The van der Waals surface area contributed by atoms with E-state index in [1.54, 1.807) is 66.7 Å². The Kier molecular flexibility index (Phi) is 10.8. The van der Waals surface area contributed by atoms with Gasteiger partial charge in [-0.1, -0.05) is 78.3 Å². The summed E-state index contributed by atoms with van der Waals surface area (Å²) in [4.78, 5) is 44.8. The third-order valence-corrected chi connectivity index (χ3v) is 8.14. The average molecular weight is 649 g/mol. The molecule has 0 aliphatic heterocycles. The van der Waals surface area contributed by atoms with Crippen molar-refractivity contribution in [3.8, 4) is 5.75 Å². The minimum absolute atomic E-state index is 0.0356. The number of benzene rings is 4. The van der Waals surface area contributed by atoms with Crippen LogP contribution in [0.1, 0.15) is 26.7 Å². The minimum atomic E-state index is -0.581. The van der Waals surface area contributed by atoms with Crippen molar-refractivity contribution >= 4 is 58.7 Å². The molecule has 230 valence electrons. The first-order valence-electron chi connectivity index (χ1n) is 14.2. The lowest BCUT2D eigenvalue weighted by atomic mass is 10.1. The number of pyridine rings is 1. The largest absolute Gasteiger partial charge is 0.496 e. The van der Waals surface area contributed by atoms with Gasteiger partial charge in [0.15, 0.2) is 0 Å². The highest BCUT2D eigenvalue weighted by molar-refractivity contribution is 8.00. The van der Waals surface area contributed by atoms with Crippen molar-refractivity contribution in [3.05, 3.63) is 155 Å². The van der Waals surface area contributed by atoms with Gasteiger partial charge >= 0.3 is 0 Å². The van der Waals surface area contributed by atoms with Crippen LogP contribution in [-0.4, -0.2) is 29.8 Å². The second-order valence-electron chi connectivity index (χ2n) is 9.86. The number of amides is 3. The Hall–Kier alpha value is -5.38. The monoisotopic (exact) mass is 648 g/mol. The number of aromatic nitrogens is 1. The van der Waals surface area contributed by atoms with E-state index in [9.17, 15) is 14.4 Å². The van der Waals surface area contributed by atoms with Crippen LogP contribution in [0.5, 0.6) is 5.75 Å². The number of anilines is 2. The molecule has 5 aromatic rings. The quantitative estimate of drug-likeness (QED) is 0.100. The predicted octanol–water partition coefficient (Wildman–Crippen LogP) is 7.63. The highest BCUT2D eigenvalue weighted by Crippen LogP contribution is 2.36. The van der Waals surface area contributed by atoms with Crippen molar-refractivity contribution in [3.63, 3.8) is 0 Å². The second kappa shape index (κ2) is 15.6. The van der Waals surface area contributed by atoms with Gasteiger partial charge in [-0.05, 0) is 66.2 Å². The van der Waals surface area contributed by atoms with Gasteiger partial charge in [0.25, 0.3) is 11.8 Å².